The highest BCUT2D eigenvalue weighted by Crippen LogP contribution is 2.14. The first-order valence-corrected chi connectivity index (χ1v) is 3.37. The van der Waals surface area contributed by atoms with E-state index in [-0.39, 0.29) is 0 Å². The average Bonchev–Trinajstić information content (AvgIpc) is 2.20. The molecule has 0 aromatic heterocycles. The van der Waals surface area contributed by atoms with Crippen molar-refractivity contribution in [2.75, 3.05) is 0 Å². The van der Waals surface area contributed by atoms with Crippen molar-refractivity contribution in [2.45, 2.75) is 38.6 Å². The predicted molar refractivity (Wildman–Crippen MR) is 37.7 cm³/mol. The standard InChI is InChI=1S/C5H11N.C2H3N/c6-5-3-1-2-4-5;1-2-3/h5H,1-4,6H2;1H3. The fourth-order valence-electron chi connectivity index (χ4n) is 0.957. The van der Waals surface area contributed by atoms with E-state index in [0.29, 0.717) is 6.04 Å². The van der Waals surface area contributed by atoms with Crippen LogP contribution in [0.3, 0.4) is 0 Å². The van der Waals surface area contributed by atoms with Crippen LogP contribution in [0.4, 0.5) is 0 Å². The van der Waals surface area contributed by atoms with Crippen molar-refractivity contribution in [1.82, 2.24) is 0 Å². The summed E-state index contributed by atoms with van der Waals surface area (Å²) in [6.07, 6.45) is 5.25. The zero-order valence-corrected chi connectivity index (χ0v) is 5.93. The molecule has 2 heteroatoms. The van der Waals surface area contributed by atoms with E-state index in [9.17, 15) is 0 Å². The third-order valence-electron chi connectivity index (χ3n) is 1.40. The summed E-state index contributed by atoms with van der Waals surface area (Å²) < 4.78 is 0. The summed E-state index contributed by atoms with van der Waals surface area (Å²) in [7, 11) is 0. The largest absolute Gasteiger partial charge is 0.328 e. The Hall–Kier alpha value is -0.550. The number of rotatable bonds is 0. The maximum Gasteiger partial charge on any atom is 0.0587 e. The Bertz CT molecular complexity index is 87.6. The lowest BCUT2D eigenvalue weighted by atomic mass is 10.3. The Morgan fingerprint density at radius 3 is 1.89 bits per heavy atom. The first-order valence-electron chi connectivity index (χ1n) is 3.37. The maximum absolute atomic E-state index is 7.32. The Labute approximate surface area is 56.7 Å². The summed E-state index contributed by atoms with van der Waals surface area (Å²) in [4.78, 5) is 0. The van der Waals surface area contributed by atoms with E-state index in [1.807, 2.05) is 0 Å². The molecule has 0 atom stereocenters. The van der Waals surface area contributed by atoms with Crippen molar-refractivity contribution in [3.05, 3.63) is 0 Å². The van der Waals surface area contributed by atoms with E-state index in [4.69, 9.17) is 11.0 Å². The molecule has 0 unspecified atom stereocenters. The molecule has 0 radical (unpaired) electrons. The van der Waals surface area contributed by atoms with E-state index in [0.717, 1.165) is 0 Å². The molecule has 9 heavy (non-hydrogen) atoms. The van der Waals surface area contributed by atoms with Crippen molar-refractivity contribution < 1.29 is 0 Å². The van der Waals surface area contributed by atoms with Gasteiger partial charge in [0.1, 0.15) is 0 Å². The molecular formula is C7H14N2. The number of hydrogen-bond acceptors (Lipinski definition) is 2. The highest BCUT2D eigenvalue weighted by atomic mass is 14.6. The first-order chi connectivity index (χ1) is 4.31. The lowest BCUT2D eigenvalue weighted by Crippen LogP contribution is -2.13. The molecule has 0 aromatic carbocycles. The second-order valence-corrected chi connectivity index (χ2v) is 2.27. The van der Waals surface area contributed by atoms with E-state index in [1.165, 1.54) is 32.6 Å². The Morgan fingerprint density at radius 1 is 1.44 bits per heavy atom. The summed E-state index contributed by atoms with van der Waals surface area (Å²) in [6.45, 7) is 1.43. The fourth-order valence-corrected chi connectivity index (χ4v) is 0.957. The van der Waals surface area contributed by atoms with Gasteiger partial charge in [0.15, 0.2) is 0 Å². The zero-order valence-electron chi connectivity index (χ0n) is 5.93. The van der Waals surface area contributed by atoms with Gasteiger partial charge in [0, 0.05) is 13.0 Å². The number of nitriles is 1. The molecular weight excluding hydrogens is 112 g/mol. The molecule has 0 saturated heterocycles. The van der Waals surface area contributed by atoms with E-state index >= 15 is 0 Å². The number of hydrogen-bond donors (Lipinski definition) is 1. The van der Waals surface area contributed by atoms with Gasteiger partial charge < -0.3 is 5.73 Å². The van der Waals surface area contributed by atoms with Gasteiger partial charge in [-0.15, -0.1) is 0 Å². The lowest BCUT2D eigenvalue weighted by molar-refractivity contribution is 0.704. The number of nitrogens with two attached hydrogens (primary N) is 1. The van der Waals surface area contributed by atoms with Crippen LogP contribution >= 0.6 is 0 Å². The Morgan fingerprint density at radius 2 is 1.78 bits per heavy atom. The minimum atomic E-state index is 0.546. The van der Waals surface area contributed by atoms with Crippen molar-refractivity contribution in [3.63, 3.8) is 0 Å². The van der Waals surface area contributed by atoms with Gasteiger partial charge in [0.2, 0.25) is 0 Å². The van der Waals surface area contributed by atoms with Gasteiger partial charge in [0.05, 0.1) is 6.07 Å². The second-order valence-electron chi connectivity index (χ2n) is 2.27. The molecule has 0 amide bonds. The molecule has 52 valence electrons. The third kappa shape index (κ3) is 5.32. The van der Waals surface area contributed by atoms with Gasteiger partial charge >= 0.3 is 0 Å². The van der Waals surface area contributed by atoms with Crippen LogP contribution in [0, 0.1) is 11.3 Å². The van der Waals surface area contributed by atoms with Gasteiger partial charge in [-0.3, -0.25) is 0 Å². The van der Waals surface area contributed by atoms with Crippen molar-refractivity contribution in [1.29, 1.82) is 5.26 Å². The van der Waals surface area contributed by atoms with Gasteiger partial charge in [-0.1, -0.05) is 12.8 Å². The zero-order chi connectivity index (χ0) is 7.11. The van der Waals surface area contributed by atoms with Crippen LogP contribution in [0.2, 0.25) is 0 Å². The molecule has 2 N–H and O–H groups in total. The first kappa shape index (κ1) is 8.45. The van der Waals surface area contributed by atoms with Crippen LogP contribution in [-0.2, 0) is 0 Å². The van der Waals surface area contributed by atoms with Crippen LogP contribution in [0.5, 0.6) is 0 Å². The summed E-state index contributed by atoms with van der Waals surface area (Å²) in [5.74, 6) is 0. The Kier molecular flexibility index (Phi) is 5.24. The molecule has 1 rings (SSSR count). The van der Waals surface area contributed by atoms with Gasteiger partial charge in [-0.05, 0) is 12.8 Å². The molecule has 1 aliphatic rings. The van der Waals surface area contributed by atoms with Crippen molar-refractivity contribution in [3.8, 4) is 6.07 Å². The molecule has 0 heterocycles. The van der Waals surface area contributed by atoms with Crippen LogP contribution < -0.4 is 5.73 Å². The van der Waals surface area contributed by atoms with E-state index in [2.05, 4.69) is 0 Å². The monoisotopic (exact) mass is 126 g/mol. The minimum Gasteiger partial charge on any atom is -0.328 e. The molecule has 0 aromatic rings. The normalized spacial score (nSPS) is 17.9. The minimum absolute atomic E-state index is 0.546. The van der Waals surface area contributed by atoms with Crippen molar-refractivity contribution >= 4 is 0 Å². The molecule has 0 spiro atoms. The maximum atomic E-state index is 7.32. The van der Waals surface area contributed by atoms with Gasteiger partial charge in [-0.2, -0.15) is 5.26 Å². The topological polar surface area (TPSA) is 49.8 Å². The van der Waals surface area contributed by atoms with Crippen LogP contribution in [0.1, 0.15) is 32.6 Å². The molecule has 2 nitrogen and oxygen atoms in total. The quantitative estimate of drug-likeness (QED) is 0.533. The summed E-state index contributed by atoms with van der Waals surface area (Å²) >= 11 is 0. The number of nitrogens with zero attached hydrogens (tertiary/aromatic N) is 1. The highest BCUT2D eigenvalue weighted by molar-refractivity contribution is 4.67. The van der Waals surface area contributed by atoms with Gasteiger partial charge in [-0.25, -0.2) is 0 Å². The highest BCUT2D eigenvalue weighted by Gasteiger charge is 2.07. The average molecular weight is 126 g/mol. The molecule has 1 aliphatic carbocycles. The second kappa shape index (κ2) is 5.58. The molecule has 0 aliphatic heterocycles. The smallest absolute Gasteiger partial charge is 0.0587 e. The summed E-state index contributed by atoms with van der Waals surface area (Å²) in [5, 5.41) is 7.32. The summed E-state index contributed by atoms with van der Waals surface area (Å²) in [5.41, 5.74) is 5.53. The van der Waals surface area contributed by atoms with Crippen LogP contribution in [0.25, 0.3) is 0 Å². The molecule has 1 fully saturated rings. The van der Waals surface area contributed by atoms with Crippen LogP contribution in [-0.4, -0.2) is 6.04 Å². The Balaban J connectivity index is 0.000000187. The van der Waals surface area contributed by atoms with E-state index in [1.54, 1.807) is 6.07 Å². The third-order valence-corrected chi connectivity index (χ3v) is 1.40. The van der Waals surface area contributed by atoms with Gasteiger partial charge in [0.25, 0.3) is 0 Å². The van der Waals surface area contributed by atoms with E-state index < -0.39 is 0 Å². The SMILES string of the molecule is CC#N.NC1CCCC1. The van der Waals surface area contributed by atoms with Crippen molar-refractivity contribution in [2.24, 2.45) is 5.73 Å². The predicted octanol–water partition coefficient (Wildman–Crippen LogP) is 1.42. The van der Waals surface area contributed by atoms with Crippen LogP contribution in [0.15, 0.2) is 0 Å². The molecule has 0 bridgehead atoms. The fraction of sp³-hybridized carbons (Fsp3) is 0.857. The lowest BCUT2D eigenvalue weighted by Gasteiger charge is -1.92. The summed E-state index contributed by atoms with van der Waals surface area (Å²) in [6, 6.07) is 2.30. The molecule has 1 saturated carbocycles.